The molecule has 0 aliphatic heterocycles. The quantitative estimate of drug-likeness (QED) is 0.603. The van der Waals surface area contributed by atoms with Gasteiger partial charge in [-0.25, -0.2) is 0 Å². The fraction of sp³-hybridized carbons (Fsp3) is 1.00. The van der Waals surface area contributed by atoms with Crippen molar-refractivity contribution in [2.24, 2.45) is 11.7 Å². The second-order valence-electron chi connectivity index (χ2n) is 5.10. The van der Waals surface area contributed by atoms with Crippen LogP contribution in [-0.2, 0) is 10.8 Å². The summed E-state index contributed by atoms with van der Waals surface area (Å²) in [6, 6.07) is 0.377. The molecule has 2 nitrogen and oxygen atoms in total. The number of hydrogen-bond acceptors (Lipinski definition) is 2. The third kappa shape index (κ3) is 10.6. The molecule has 0 fully saturated rings. The maximum atomic E-state index is 10.8. The van der Waals surface area contributed by atoms with E-state index in [4.69, 9.17) is 5.73 Å². The molecule has 0 radical (unpaired) electrons. The second kappa shape index (κ2) is 10.3. The lowest BCUT2D eigenvalue weighted by Crippen LogP contribution is -2.25. The van der Waals surface area contributed by atoms with Crippen LogP contribution >= 0.6 is 0 Å². The lowest BCUT2D eigenvalue weighted by Gasteiger charge is -2.14. The predicted octanol–water partition coefficient (Wildman–Crippen LogP) is 3.08. The molecule has 16 heavy (non-hydrogen) atoms. The molecule has 98 valence electrons. The average molecular weight is 247 g/mol. The van der Waals surface area contributed by atoms with Crippen LogP contribution in [0.5, 0.6) is 0 Å². The summed E-state index contributed by atoms with van der Waals surface area (Å²) in [6.07, 6.45) is 10.5. The summed E-state index contributed by atoms with van der Waals surface area (Å²) >= 11 is 0. The molecule has 0 saturated heterocycles. The minimum Gasteiger partial charge on any atom is -0.327 e. The van der Waals surface area contributed by atoms with E-state index in [2.05, 4.69) is 13.8 Å². The van der Waals surface area contributed by atoms with Gasteiger partial charge >= 0.3 is 0 Å². The molecule has 0 aliphatic rings. The highest BCUT2D eigenvalue weighted by Gasteiger charge is 2.06. The van der Waals surface area contributed by atoms with E-state index in [1.807, 2.05) is 0 Å². The van der Waals surface area contributed by atoms with Crippen LogP contribution < -0.4 is 5.73 Å². The van der Waals surface area contributed by atoms with Gasteiger partial charge in [0.1, 0.15) is 0 Å². The van der Waals surface area contributed by atoms with E-state index in [9.17, 15) is 4.21 Å². The normalized spacial score (nSPS) is 15.3. The first-order valence-electron chi connectivity index (χ1n) is 6.59. The van der Waals surface area contributed by atoms with Crippen molar-refractivity contribution >= 4 is 10.8 Å². The van der Waals surface area contributed by atoms with Crippen LogP contribution in [-0.4, -0.2) is 22.3 Å². The summed E-state index contributed by atoms with van der Waals surface area (Å²) in [4.78, 5) is 0. The number of rotatable bonds is 10. The maximum Gasteiger partial charge on any atom is 0.0232 e. The summed E-state index contributed by atoms with van der Waals surface area (Å²) in [5.41, 5.74) is 5.98. The van der Waals surface area contributed by atoms with E-state index in [0.29, 0.717) is 12.0 Å². The monoisotopic (exact) mass is 247 g/mol. The minimum absolute atomic E-state index is 0.377. The van der Waals surface area contributed by atoms with E-state index in [1.165, 1.54) is 32.1 Å². The SMILES string of the molecule is CC(C)[C@H](N)CCCCCCCCS(C)=O. The maximum absolute atomic E-state index is 10.8. The Morgan fingerprint density at radius 1 is 1.00 bits per heavy atom. The highest BCUT2D eigenvalue weighted by atomic mass is 32.2. The largest absolute Gasteiger partial charge is 0.327 e. The summed E-state index contributed by atoms with van der Waals surface area (Å²) in [5.74, 6) is 1.48. The van der Waals surface area contributed by atoms with Gasteiger partial charge in [0, 0.05) is 28.9 Å². The zero-order valence-corrected chi connectivity index (χ0v) is 12.0. The molecule has 0 aromatic heterocycles. The molecular weight excluding hydrogens is 218 g/mol. The number of nitrogens with two attached hydrogens (primary N) is 1. The van der Waals surface area contributed by atoms with Gasteiger partial charge in [-0.15, -0.1) is 0 Å². The molecular formula is C13H29NOS. The fourth-order valence-corrected chi connectivity index (χ4v) is 2.34. The molecule has 0 aliphatic carbocycles. The first-order chi connectivity index (χ1) is 7.54. The summed E-state index contributed by atoms with van der Waals surface area (Å²) in [5, 5.41) is 0. The minimum atomic E-state index is -0.602. The van der Waals surface area contributed by atoms with Gasteiger partial charge in [-0.05, 0) is 18.8 Å². The number of hydrogen-bond donors (Lipinski definition) is 1. The van der Waals surface area contributed by atoms with Crippen LogP contribution in [0.4, 0.5) is 0 Å². The molecule has 3 heteroatoms. The molecule has 0 amide bonds. The second-order valence-corrected chi connectivity index (χ2v) is 6.65. The Bertz CT molecular complexity index is 183. The smallest absolute Gasteiger partial charge is 0.0232 e. The van der Waals surface area contributed by atoms with Crippen LogP contribution in [0.15, 0.2) is 0 Å². The predicted molar refractivity (Wildman–Crippen MR) is 74.1 cm³/mol. The Balaban J connectivity index is 3.13. The molecule has 0 aromatic rings. The van der Waals surface area contributed by atoms with Gasteiger partial charge in [-0.2, -0.15) is 0 Å². The third-order valence-electron chi connectivity index (χ3n) is 3.08. The van der Waals surface area contributed by atoms with E-state index < -0.39 is 10.8 Å². The van der Waals surface area contributed by atoms with Gasteiger partial charge in [-0.1, -0.05) is 46.0 Å². The number of unbranched alkanes of at least 4 members (excludes halogenated alkanes) is 5. The van der Waals surface area contributed by atoms with Gasteiger partial charge < -0.3 is 5.73 Å². The van der Waals surface area contributed by atoms with Crippen LogP contribution in [0.25, 0.3) is 0 Å². The Hall–Kier alpha value is 0.110. The summed E-state index contributed by atoms with van der Waals surface area (Å²) < 4.78 is 10.8. The van der Waals surface area contributed by atoms with Crippen molar-refractivity contribution in [1.29, 1.82) is 0 Å². The summed E-state index contributed by atoms with van der Waals surface area (Å²) in [7, 11) is -0.602. The molecule has 0 aromatic carbocycles. The van der Waals surface area contributed by atoms with E-state index >= 15 is 0 Å². The lowest BCUT2D eigenvalue weighted by atomic mass is 9.98. The molecule has 0 rings (SSSR count). The van der Waals surface area contributed by atoms with Crippen LogP contribution in [0.1, 0.15) is 58.8 Å². The first kappa shape index (κ1) is 16.1. The van der Waals surface area contributed by atoms with Crippen LogP contribution in [0.2, 0.25) is 0 Å². The first-order valence-corrected chi connectivity index (χ1v) is 8.32. The van der Waals surface area contributed by atoms with Gasteiger partial charge in [0.25, 0.3) is 0 Å². The van der Waals surface area contributed by atoms with Crippen molar-refractivity contribution in [3.63, 3.8) is 0 Å². The highest BCUT2D eigenvalue weighted by Crippen LogP contribution is 2.11. The zero-order valence-electron chi connectivity index (χ0n) is 11.2. The Morgan fingerprint density at radius 3 is 2.00 bits per heavy atom. The highest BCUT2D eigenvalue weighted by molar-refractivity contribution is 7.84. The van der Waals surface area contributed by atoms with Crippen molar-refractivity contribution in [2.45, 2.75) is 64.8 Å². The van der Waals surface area contributed by atoms with E-state index in [0.717, 1.165) is 18.6 Å². The van der Waals surface area contributed by atoms with Crippen molar-refractivity contribution in [3.05, 3.63) is 0 Å². The lowest BCUT2D eigenvalue weighted by molar-refractivity contribution is 0.439. The molecule has 2 N–H and O–H groups in total. The summed E-state index contributed by atoms with van der Waals surface area (Å²) in [6.45, 7) is 4.38. The fourth-order valence-electron chi connectivity index (χ4n) is 1.73. The molecule has 1 unspecified atom stereocenters. The zero-order chi connectivity index (χ0) is 12.4. The van der Waals surface area contributed by atoms with Gasteiger partial charge in [0.15, 0.2) is 0 Å². The van der Waals surface area contributed by atoms with E-state index in [-0.39, 0.29) is 0 Å². The van der Waals surface area contributed by atoms with Crippen LogP contribution in [0.3, 0.4) is 0 Å². The Morgan fingerprint density at radius 2 is 1.50 bits per heavy atom. The van der Waals surface area contributed by atoms with Crippen molar-refractivity contribution in [3.8, 4) is 0 Å². The van der Waals surface area contributed by atoms with E-state index in [1.54, 1.807) is 6.26 Å². The molecule has 0 bridgehead atoms. The van der Waals surface area contributed by atoms with Crippen molar-refractivity contribution < 1.29 is 4.21 Å². The molecule has 2 atom stereocenters. The topological polar surface area (TPSA) is 43.1 Å². The Labute approximate surface area is 104 Å². The van der Waals surface area contributed by atoms with Gasteiger partial charge in [0.05, 0.1) is 0 Å². The van der Waals surface area contributed by atoms with Crippen molar-refractivity contribution in [1.82, 2.24) is 0 Å². The van der Waals surface area contributed by atoms with Gasteiger partial charge in [-0.3, -0.25) is 4.21 Å². The molecule has 0 spiro atoms. The standard InChI is InChI=1S/C13H29NOS/c1-12(2)13(14)10-8-6-4-5-7-9-11-16(3)15/h12-13H,4-11,14H2,1-3H3/t13-,16?/m1/s1. The van der Waals surface area contributed by atoms with Crippen LogP contribution in [0, 0.1) is 5.92 Å². The Kier molecular flexibility index (Phi) is 10.3. The van der Waals surface area contributed by atoms with Gasteiger partial charge in [0.2, 0.25) is 0 Å². The molecule has 0 saturated carbocycles. The average Bonchev–Trinajstić information content (AvgIpc) is 2.21. The molecule has 0 heterocycles. The van der Waals surface area contributed by atoms with Crippen molar-refractivity contribution in [2.75, 3.05) is 12.0 Å². The third-order valence-corrected chi connectivity index (χ3v) is 3.94.